The summed E-state index contributed by atoms with van der Waals surface area (Å²) in [6, 6.07) is 7.99. The molecule has 0 spiro atoms. The van der Waals surface area contributed by atoms with E-state index in [9.17, 15) is 4.79 Å². The minimum Gasteiger partial charge on any atom is -0.357 e. The van der Waals surface area contributed by atoms with Gasteiger partial charge in [0.1, 0.15) is 0 Å². The number of hydrogen-bond acceptors (Lipinski definition) is 2. The van der Waals surface area contributed by atoms with Crippen LogP contribution >= 0.6 is 39.9 Å². The molecule has 0 saturated carbocycles. The summed E-state index contributed by atoms with van der Waals surface area (Å²) >= 11 is 3.53. The number of hydrogen-bond donors (Lipinski definition) is 1. The number of aliphatic imine (C=N–C) groups is 1. The van der Waals surface area contributed by atoms with Crippen LogP contribution in [0.2, 0.25) is 0 Å². The molecule has 1 heterocycles. The Balaban J connectivity index is 0.00000312. The monoisotopic (exact) mass is 522 g/mol. The maximum atomic E-state index is 12.3. The minimum absolute atomic E-state index is 0. The average molecular weight is 523 g/mol. The molecule has 1 aromatic carbocycles. The van der Waals surface area contributed by atoms with Gasteiger partial charge in [0.05, 0.1) is 6.54 Å². The first-order valence-corrected chi connectivity index (χ1v) is 9.41. The van der Waals surface area contributed by atoms with E-state index in [1.165, 1.54) is 12.8 Å². The number of amides is 1. The zero-order chi connectivity index (χ0) is 17.4. The van der Waals surface area contributed by atoms with Crippen LogP contribution in [-0.4, -0.2) is 54.9 Å². The van der Waals surface area contributed by atoms with Crippen molar-refractivity contribution in [1.29, 1.82) is 0 Å². The van der Waals surface area contributed by atoms with Crippen molar-refractivity contribution >= 4 is 51.8 Å². The molecule has 1 aliphatic heterocycles. The number of rotatable bonds is 6. The minimum atomic E-state index is 0. The van der Waals surface area contributed by atoms with Gasteiger partial charge in [-0.05, 0) is 31.4 Å². The molecule has 1 aliphatic rings. The summed E-state index contributed by atoms with van der Waals surface area (Å²) < 4.78 is 1.03. The second-order valence-corrected chi connectivity index (χ2v) is 6.88. The van der Waals surface area contributed by atoms with E-state index in [0.29, 0.717) is 19.5 Å². The van der Waals surface area contributed by atoms with Crippen molar-refractivity contribution in [2.45, 2.75) is 32.7 Å². The van der Waals surface area contributed by atoms with Crippen LogP contribution < -0.4 is 5.32 Å². The Hall–Kier alpha value is -0.830. The third kappa shape index (κ3) is 7.13. The molecular formula is C18H28BrIN4O. The lowest BCUT2D eigenvalue weighted by atomic mass is 10.2. The zero-order valence-electron chi connectivity index (χ0n) is 15.0. The van der Waals surface area contributed by atoms with E-state index in [0.717, 1.165) is 35.6 Å². The maximum absolute atomic E-state index is 12.3. The molecule has 0 aromatic heterocycles. The lowest BCUT2D eigenvalue weighted by Gasteiger charge is -2.21. The fourth-order valence-electron chi connectivity index (χ4n) is 2.77. The fraction of sp³-hybridized carbons (Fsp3) is 0.556. The van der Waals surface area contributed by atoms with E-state index in [1.807, 2.05) is 31.3 Å². The Labute approximate surface area is 176 Å². The third-order valence-corrected chi connectivity index (χ3v) is 4.89. The fourth-order valence-corrected chi connectivity index (χ4v) is 3.18. The number of guanidine groups is 1. The Kier molecular flexibility index (Phi) is 10.4. The molecule has 1 aromatic rings. The second-order valence-electron chi connectivity index (χ2n) is 6.02. The van der Waals surface area contributed by atoms with Gasteiger partial charge in [-0.15, -0.1) is 24.0 Å². The van der Waals surface area contributed by atoms with Gasteiger partial charge >= 0.3 is 0 Å². The van der Waals surface area contributed by atoms with Gasteiger partial charge in [-0.2, -0.15) is 0 Å². The number of carbonyl (C=O) groups is 1. The van der Waals surface area contributed by atoms with Crippen molar-refractivity contribution < 1.29 is 4.79 Å². The van der Waals surface area contributed by atoms with E-state index in [2.05, 4.69) is 38.1 Å². The predicted molar refractivity (Wildman–Crippen MR) is 117 cm³/mol. The van der Waals surface area contributed by atoms with E-state index >= 15 is 0 Å². The zero-order valence-corrected chi connectivity index (χ0v) is 18.9. The van der Waals surface area contributed by atoms with Gasteiger partial charge in [0.25, 0.3) is 0 Å². The van der Waals surface area contributed by atoms with Crippen molar-refractivity contribution in [2.75, 3.05) is 33.2 Å². The summed E-state index contributed by atoms with van der Waals surface area (Å²) in [7, 11) is 1.84. The van der Waals surface area contributed by atoms with Crippen LogP contribution in [0.25, 0.3) is 0 Å². The molecule has 0 radical (unpaired) electrons. The van der Waals surface area contributed by atoms with Gasteiger partial charge in [-0.3, -0.25) is 9.79 Å². The standard InChI is InChI=1S/C18H27BrN4O.HI/c1-3-20-18(23-12-6-7-13-23)21-11-10-17(24)22(2)14-15-8-4-5-9-16(15)19;/h4-5,8-9H,3,6-7,10-14H2,1-2H3,(H,20,21);1H. The third-order valence-electron chi connectivity index (χ3n) is 4.12. The van der Waals surface area contributed by atoms with Crippen molar-refractivity contribution in [3.05, 3.63) is 34.3 Å². The highest BCUT2D eigenvalue weighted by Crippen LogP contribution is 2.17. The highest BCUT2D eigenvalue weighted by molar-refractivity contribution is 14.0. The normalized spacial score (nSPS) is 14.2. The molecule has 0 unspecified atom stereocenters. The van der Waals surface area contributed by atoms with E-state index < -0.39 is 0 Å². The summed E-state index contributed by atoms with van der Waals surface area (Å²) in [5, 5.41) is 3.32. The Bertz CT molecular complexity index is 576. The Morgan fingerprint density at radius 1 is 1.32 bits per heavy atom. The van der Waals surface area contributed by atoms with Crippen LogP contribution in [0.3, 0.4) is 0 Å². The molecule has 0 atom stereocenters. The summed E-state index contributed by atoms with van der Waals surface area (Å²) in [5.74, 6) is 1.06. The van der Waals surface area contributed by atoms with Gasteiger partial charge < -0.3 is 15.1 Å². The Morgan fingerprint density at radius 2 is 2.00 bits per heavy atom. The topological polar surface area (TPSA) is 47.9 Å². The van der Waals surface area contributed by atoms with Crippen molar-refractivity contribution in [3.8, 4) is 0 Å². The molecule has 1 amide bonds. The molecule has 0 aliphatic carbocycles. The number of benzene rings is 1. The maximum Gasteiger partial charge on any atom is 0.224 e. The van der Waals surface area contributed by atoms with Gasteiger partial charge in [-0.1, -0.05) is 34.1 Å². The molecular weight excluding hydrogens is 495 g/mol. The molecule has 25 heavy (non-hydrogen) atoms. The predicted octanol–water partition coefficient (Wildman–Crippen LogP) is 3.48. The molecule has 1 fully saturated rings. The van der Waals surface area contributed by atoms with Crippen LogP contribution in [0, 0.1) is 0 Å². The van der Waals surface area contributed by atoms with Gasteiger partial charge in [0.2, 0.25) is 5.91 Å². The average Bonchev–Trinajstić information content (AvgIpc) is 3.10. The first kappa shape index (κ1) is 22.2. The molecule has 1 N–H and O–H groups in total. The van der Waals surface area contributed by atoms with Crippen LogP contribution in [0.5, 0.6) is 0 Å². The quantitative estimate of drug-likeness (QED) is 0.353. The van der Waals surface area contributed by atoms with Crippen LogP contribution in [0.15, 0.2) is 33.7 Å². The van der Waals surface area contributed by atoms with E-state index in [4.69, 9.17) is 0 Å². The van der Waals surface area contributed by atoms with Gasteiger partial charge in [0.15, 0.2) is 5.96 Å². The van der Waals surface area contributed by atoms with Crippen LogP contribution in [0.4, 0.5) is 0 Å². The smallest absolute Gasteiger partial charge is 0.224 e. The summed E-state index contributed by atoms with van der Waals surface area (Å²) in [6.07, 6.45) is 2.87. The van der Waals surface area contributed by atoms with Crippen LogP contribution in [-0.2, 0) is 11.3 Å². The molecule has 140 valence electrons. The number of likely N-dealkylation sites (tertiary alicyclic amines) is 1. The lowest BCUT2D eigenvalue weighted by Crippen LogP contribution is -2.39. The SMILES string of the molecule is CCNC(=NCCC(=O)N(C)Cc1ccccc1Br)N1CCCC1.I. The van der Waals surface area contributed by atoms with Gasteiger partial charge in [0, 0.05) is 44.1 Å². The number of nitrogens with one attached hydrogen (secondary N) is 1. The largest absolute Gasteiger partial charge is 0.357 e. The van der Waals surface area contributed by atoms with Crippen molar-refractivity contribution in [3.63, 3.8) is 0 Å². The number of nitrogens with zero attached hydrogens (tertiary/aromatic N) is 3. The van der Waals surface area contributed by atoms with E-state index in [-0.39, 0.29) is 29.9 Å². The Morgan fingerprint density at radius 3 is 2.64 bits per heavy atom. The lowest BCUT2D eigenvalue weighted by molar-refractivity contribution is -0.130. The van der Waals surface area contributed by atoms with E-state index in [1.54, 1.807) is 4.90 Å². The summed E-state index contributed by atoms with van der Waals surface area (Å²) in [5.41, 5.74) is 1.11. The number of carbonyl (C=O) groups excluding carboxylic acids is 1. The summed E-state index contributed by atoms with van der Waals surface area (Å²) in [6.45, 7) is 6.17. The highest BCUT2D eigenvalue weighted by atomic mass is 127. The molecule has 1 saturated heterocycles. The number of halogens is 2. The van der Waals surface area contributed by atoms with Crippen molar-refractivity contribution in [2.24, 2.45) is 4.99 Å². The first-order chi connectivity index (χ1) is 11.6. The molecule has 5 nitrogen and oxygen atoms in total. The second kappa shape index (κ2) is 11.7. The van der Waals surface area contributed by atoms with Crippen LogP contribution in [0.1, 0.15) is 31.7 Å². The van der Waals surface area contributed by atoms with Gasteiger partial charge in [-0.25, -0.2) is 0 Å². The molecule has 2 rings (SSSR count). The highest BCUT2D eigenvalue weighted by Gasteiger charge is 2.16. The first-order valence-electron chi connectivity index (χ1n) is 8.62. The van der Waals surface area contributed by atoms with Crippen molar-refractivity contribution in [1.82, 2.24) is 15.1 Å². The molecule has 0 bridgehead atoms. The summed E-state index contributed by atoms with van der Waals surface area (Å²) in [4.78, 5) is 21.0. The molecule has 7 heteroatoms.